The van der Waals surface area contributed by atoms with E-state index in [-0.39, 0.29) is 5.54 Å². The van der Waals surface area contributed by atoms with E-state index < -0.39 is 0 Å². The van der Waals surface area contributed by atoms with Gasteiger partial charge in [0.25, 0.3) is 0 Å². The molecule has 4 heteroatoms. The predicted octanol–water partition coefficient (Wildman–Crippen LogP) is 4.07. The number of aryl methyl sites for hydroxylation is 2. The van der Waals surface area contributed by atoms with Gasteiger partial charge in [0.2, 0.25) is 0 Å². The highest BCUT2D eigenvalue weighted by Crippen LogP contribution is 2.41. The summed E-state index contributed by atoms with van der Waals surface area (Å²) in [5.74, 6) is 0. The van der Waals surface area contributed by atoms with Crippen LogP contribution in [-0.2, 0) is 19.4 Å². The largest absolute Gasteiger partial charge is 0.325 e. The van der Waals surface area contributed by atoms with Crippen LogP contribution in [0.1, 0.15) is 64.8 Å². The van der Waals surface area contributed by atoms with E-state index in [1.54, 1.807) is 0 Å². The highest BCUT2D eigenvalue weighted by atomic mass is 79.9. The topological polar surface area (TPSA) is 43.8 Å². The normalized spacial score (nSPS) is 21.1. The van der Waals surface area contributed by atoms with E-state index in [9.17, 15) is 0 Å². The molecule has 1 aliphatic rings. The summed E-state index contributed by atoms with van der Waals surface area (Å²) in [6.07, 6.45) is 6.57. The van der Waals surface area contributed by atoms with Gasteiger partial charge < -0.3 is 5.73 Å². The lowest BCUT2D eigenvalue weighted by Gasteiger charge is -2.41. The van der Waals surface area contributed by atoms with Gasteiger partial charge in [-0.15, -0.1) is 0 Å². The van der Waals surface area contributed by atoms with Crippen LogP contribution in [0.5, 0.6) is 0 Å². The van der Waals surface area contributed by atoms with E-state index >= 15 is 0 Å². The molecule has 1 aromatic rings. The Kier molecular flexibility index (Phi) is 4.65. The minimum atomic E-state index is -0.0595. The van der Waals surface area contributed by atoms with Crippen LogP contribution in [0.4, 0.5) is 0 Å². The van der Waals surface area contributed by atoms with Gasteiger partial charge in [-0.2, -0.15) is 5.10 Å². The molecule has 3 nitrogen and oxygen atoms in total. The van der Waals surface area contributed by atoms with Crippen LogP contribution in [0.2, 0.25) is 0 Å². The Morgan fingerprint density at radius 2 is 1.80 bits per heavy atom. The number of nitrogens with zero attached hydrogens (tertiary/aromatic N) is 2. The van der Waals surface area contributed by atoms with Crippen LogP contribution < -0.4 is 5.73 Å². The zero-order valence-corrected chi connectivity index (χ0v) is 14.9. The Morgan fingerprint density at radius 3 is 2.30 bits per heavy atom. The van der Waals surface area contributed by atoms with Gasteiger partial charge in [0.05, 0.1) is 15.9 Å². The summed E-state index contributed by atoms with van der Waals surface area (Å²) < 4.78 is 3.30. The standard InChI is InChI=1S/C16H28BrN3/c1-5-12-14(17)13(20(6-2)19-12)11-16(18)9-7-15(3,4)8-10-16/h5-11,18H2,1-4H3. The molecule has 2 N–H and O–H groups in total. The average Bonchev–Trinajstić information content (AvgIpc) is 2.70. The molecule has 0 aliphatic heterocycles. The molecule has 114 valence electrons. The Morgan fingerprint density at radius 1 is 1.20 bits per heavy atom. The fraction of sp³-hybridized carbons (Fsp3) is 0.812. The van der Waals surface area contributed by atoms with Crippen LogP contribution in [0, 0.1) is 5.41 Å². The monoisotopic (exact) mass is 341 g/mol. The number of nitrogens with two attached hydrogens (primary N) is 1. The first-order valence-electron chi connectivity index (χ1n) is 7.83. The van der Waals surface area contributed by atoms with E-state index in [0.29, 0.717) is 5.41 Å². The Labute approximate surface area is 131 Å². The number of halogens is 1. The number of hydrogen-bond donors (Lipinski definition) is 1. The van der Waals surface area contributed by atoms with Crippen molar-refractivity contribution >= 4 is 15.9 Å². The lowest BCUT2D eigenvalue weighted by atomic mass is 9.68. The summed E-state index contributed by atoms with van der Waals surface area (Å²) in [7, 11) is 0. The molecule has 1 aliphatic carbocycles. The fourth-order valence-corrected chi connectivity index (χ4v) is 3.83. The highest BCUT2D eigenvalue weighted by Gasteiger charge is 2.36. The van der Waals surface area contributed by atoms with Crippen molar-refractivity contribution in [1.82, 2.24) is 9.78 Å². The van der Waals surface area contributed by atoms with Crippen molar-refractivity contribution in [2.75, 3.05) is 0 Å². The molecule has 0 aromatic carbocycles. The van der Waals surface area contributed by atoms with Crippen LogP contribution in [0.3, 0.4) is 0 Å². The second-order valence-corrected chi connectivity index (χ2v) is 7.87. The zero-order chi connectivity index (χ0) is 15.0. The SMILES string of the molecule is CCc1nn(CC)c(CC2(N)CCC(C)(C)CC2)c1Br. The smallest absolute Gasteiger partial charge is 0.0766 e. The van der Waals surface area contributed by atoms with Gasteiger partial charge in [0, 0.05) is 18.5 Å². The van der Waals surface area contributed by atoms with Gasteiger partial charge in [0.1, 0.15) is 0 Å². The molecule has 0 atom stereocenters. The molecule has 0 unspecified atom stereocenters. The molecule has 1 heterocycles. The first kappa shape index (κ1) is 16.0. The summed E-state index contributed by atoms with van der Waals surface area (Å²) in [5.41, 5.74) is 9.53. The van der Waals surface area contributed by atoms with Crippen molar-refractivity contribution in [1.29, 1.82) is 0 Å². The van der Waals surface area contributed by atoms with Gasteiger partial charge in [-0.1, -0.05) is 20.8 Å². The minimum absolute atomic E-state index is 0.0595. The number of rotatable bonds is 4. The molecule has 1 aromatic heterocycles. The maximum atomic E-state index is 6.69. The molecule has 20 heavy (non-hydrogen) atoms. The van der Waals surface area contributed by atoms with Gasteiger partial charge in [-0.3, -0.25) is 4.68 Å². The van der Waals surface area contributed by atoms with Crippen molar-refractivity contribution in [2.24, 2.45) is 11.1 Å². The zero-order valence-electron chi connectivity index (χ0n) is 13.3. The number of hydrogen-bond acceptors (Lipinski definition) is 2. The minimum Gasteiger partial charge on any atom is -0.325 e. The van der Waals surface area contributed by atoms with E-state index in [1.165, 1.54) is 23.0 Å². The summed E-state index contributed by atoms with van der Waals surface area (Å²) in [4.78, 5) is 0. The van der Waals surface area contributed by atoms with Crippen molar-refractivity contribution in [2.45, 2.75) is 78.3 Å². The molecule has 0 spiro atoms. The van der Waals surface area contributed by atoms with E-state index in [0.717, 1.165) is 37.9 Å². The van der Waals surface area contributed by atoms with E-state index in [2.05, 4.69) is 53.4 Å². The maximum Gasteiger partial charge on any atom is 0.0766 e. The van der Waals surface area contributed by atoms with Crippen LogP contribution in [-0.4, -0.2) is 15.3 Å². The second-order valence-electron chi connectivity index (χ2n) is 7.08. The van der Waals surface area contributed by atoms with Crippen molar-refractivity contribution in [3.63, 3.8) is 0 Å². The third kappa shape index (κ3) is 3.28. The van der Waals surface area contributed by atoms with Crippen molar-refractivity contribution < 1.29 is 0 Å². The fourth-order valence-electron chi connectivity index (χ4n) is 3.12. The third-order valence-electron chi connectivity index (χ3n) is 4.81. The molecule has 0 saturated heterocycles. The quantitative estimate of drug-likeness (QED) is 0.896. The molecule has 0 amide bonds. The molecule has 0 radical (unpaired) electrons. The number of aromatic nitrogens is 2. The Balaban J connectivity index is 2.19. The Bertz CT molecular complexity index is 466. The summed E-state index contributed by atoms with van der Waals surface area (Å²) >= 11 is 3.74. The lowest BCUT2D eigenvalue weighted by molar-refractivity contribution is 0.163. The van der Waals surface area contributed by atoms with Gasteiger partial charge in [-0.05, 0) is 60.4 Å². The van der Waals surface area contributed by atoms with Crippen LogP contribution in [0.25, 0.3) is 0 Å². The van der Waals surface area contributed by atoms with Gasteiger partial charge in [-0.25, -0.2) is 0 Å². The summed E-state index contributed by atoms with van der Waals surface area (Å²) in [5, 5.41) is 4.69. The molecular formula is C16H28BrN3. The van der Waals surface area contributed by atoms with Crippen molar-refractivity contribution in [3.05, 3.63) is 15.9 Å². The van der Waals surface area contributed by atoms with E-state index in [1.807, 2.05) is 0 Å². The summed E-state index contributed by atoms with van der Waals surface area (Å²) in [6.45, 7) is 9.92. The Hall–Kier alpha value is -0.350. The molecule has 1 fully saturated rings. The summed E-state index contributed by atoms with van der Waals surface area (Å²) in [6, 6.07) is 0. The first-order valence-corrected chi connectivity index (χ1v) is 8.62. The molecule has 1 saturated carbocycles. The third-order valence-corrected chi connectivity index (χ3v) is 5.73. The maximum absolute atomic E-state index is 6.69. The first-order chi connectivity index (χ1) is 9.30. The van der Waals surface area contributed by atoms with Gasteiger partial charge >= 0.3 is 0 Å². The molecule has 2 rings (SSSR count). The average molecular weight is 342 g/mol. The van der Waals surface area contributed by atoms with Gasteiger partial charge in [0.15, 0.2) is 0 Å². The molecular weight excluding hydrogens is 314 g/mol. The van der Waals surface area contributed by atoms with Crippen LogP contribution >= 0.6 is 15.9 Å². The highest BCUT2D eigenvalue weighted by molar-refractivity contribution is 9.10. The van der Waals surface area contributed by atoms with Crippen LogP contribution in [0.15, 0.2) is 4.47 Å². The molecule has 0 bridgehead atoms. The van der Waals surface area contributed by atoms with E-state index in [4.69, 9.17) is 5.73 Å². The predicted molar refractivity (Wildman–Crippen MR) is 87.9 cm³/mol. The second kappa shape index (κ2) is 5.80. The lowest BCUT2D eigenvalue weighted by Crippen LogP contribution is -2.47. The van der Waals surface area contributed by atoms with Crippen molar-refractivity contribution in [3.8, 4) is 0 Å².